The second kappa shape index (κ2) is 9.13. The minimum Gasteiger partial charge on any atom is -0.492 e. The summed E-state index contributed by atoms with van der Waals surface area (Å²) in [6.45, 7) is 6.10. The monoisotopic (exact) mass is 460 g/mol. The number of ether oxygens (including phenoxy) is 1. The molecule has 1 aromatic carbocycles. The van der Waals surface area contributed by atoms with Gasteiger partial charge < -0.3 is 20.4 Å². The maximum Gasteiger partial charge on any atom is 0.229 e. The van der Waals surface area contributed by atoms with Crippen LogP contribution in [0.2, 0.25) is 0 Å². The van der Waals surface area contributed by atoms with Crippen LogP contribution in [0.3, 0.4) is 0 Å². The topological polar surface area (TPSA) is 78.1 Å². The number of likely N-dealkylation sites (tertiary alicyclic amines) is 1. The Morgan fingerprint density at radius 2 is 1.97 bits per heavy atom. The smallest absolute Gasteiger partial charge is 0.229 e. The van der Waals surface area contributed by atoms with Crippen LogP contribution in [-0.2, 0) is 13.0 Å². The molecule has 0 radical (unpaired) electrons. The van der Waals surface area contributed by atoms with Gasteiger partial charge in [0.2, 0.25) is 5.95 Å². The zero-order chi connectivity index (χ0) is 22.0. The average molecular weight is 461 g/mol. The second-order valence-corrected chi connectivity index (χ2v) is 9.80. The number of nitrogens with one attached hydrogen (secondary N) is 3. The first-order valence-corrected chi connectivity index (χ1v) is 12.5. The van der Waals surface area contributed by atoms with Gasteiger partial charge in [0, 0.05) is 41.8 Å². The molecule has 1 saturated heterocycles. The van der Waals surface area contributed by atoms with Crippen molar-refractivity contribution in [3.05, 3.63) is 53.0 Å². The summed E-state index contributed by atoms with van der Waals surface area (Å²) >= 11 is 1.85. The standard InChI is InChI=1S/C25H28N6OS/c1-2-12-31(11-1)13-14-32-19-5-3-18(4-6-19)28-25-29-23(20-7-10-27-24(20)30-25)22-15-17-16-26-9-8-21(17)33-22/h3-7,10,15,26H,1-2,8-9,11-14,16H2,(H2,27,28,29,30). The molecule has 0 bridgehead atoms. The van der Waals surface area contributed by atoms with E-state index in [1.54, 1.807) is 0 Å². The van der Waals surface area contributed by atoms with Crippen LogP contribution < -0.4 is 15.4 Å². The number of H-pyrrole nitrogens is 1. The van der Waals surface area contributed by atoms with E-state index < -0.39 is 0 Å². The van der Waals surface area contributed by atoms with Crippen molar-refractivity contribution >= 4 is 34.0 Å². The van der Waals surface area contributed by atoms with E-state index in [-0.39, 0.29) is 0 Å². The molecule has 3 aromatic heterocycles. The van der Waals surface area contributed by atoms with Gasteiger partial charge in [-0.15, -0.1) is 11.3 Å². The van der Waals surface area contributed by atoms with E-state index in [2.05, 4.69) is 32.7 Å². The Balaban J connectivity index is 1.19. The van der Waals surface area contributed by atoms with Crippen LogP contribution in [-0.4, -0.2) is 52.6 Å². The van der Waals surface area contributed by atoms with Gasteiger partial charge in [0.15, 0.2) is 0 Å². The lowest BCUT2D eigenvalue weighted by atomic mass is 10.1. The molecular weight excluding hydrogens is 432 g/mol. The Kier molecular flexibility index (Phi) is 5.71. The molecule has 7 nitrogen and oxygen atoms in total. The predicted molar refractivity (Wildman–Crippen MR) is 134 cm³/mol. The minimum atomic E-state index is 0.590. The van der Waals surface area contributed by atoms with Crippen LogP contribution in [0.1, 0.15) is 23.3 Å². The van der Waals surface area contributed by atoms with Gasteiger partial charge in [-0.2, -0.15) is 4.98 Å². The molecule has 1 fully saturated rings. The molecule has 4 aromatic rings. The molecule has 8 heteroatoms. The lowest BCUT2D eigenvalue weighted by molar-refractivity contribution is 0.238. The van der Waals surface area contributed by atoms with E-state index in [1.807, 2.05) is 41.8 Å². The lowest BCUT2D eigenvalue weighted by Gasteiger charge is -2.15. The summed E-state index contributed by atoms with van der Waals surface area (Å²) in [5.41, 5.74) is 4.14. The van der Waals surface area contributed by atoms with E-state index in [1.165, 1.54) is 41.2 Å². The Bertz CT molecular complexity index is 1220. The molecule has 2 aliphatic heterocycles. The van der Waals surface area contributed by atoms with Gasteiger partial charge in [0.05, 0.1) is 10.6 Å². The van der Waals surface area contributed by atoms with Crippen molar-refractivity contribution in [1.29, 1.82) is 0 Å². The Morgan fingerprint density at radius 3 is 2.82 bits per heavy atom. The summed E-state index contributed by atoms with van der Waals surface area (Å²) in [7, 11) is 0. The van der Waals surface area contributed by atoms with Crippen LogP contribution in [0.4, 0.5) is 11.6 Å². The van der Waals surface area contributed by atoms with Gasteiger partial charge in [0.1, 0.15) is 18.0 Å². The molecule has 5 heterocycles. The van der Waals surface area contributed by atoms with Crippen LogP contribution in [0.5, 0.6) is 5.75 Å². The first kappa shape index (κ1) is 20.7. The summed E-state index contributed by atoms with van der Waals surface area (Å²) in [5, 5.41) is 7.88. The Morgan fingerprint density at radius 1 is 1.09 bits per heavy atom. The first-order chi connectivity index (χ1) is 16.3. The third kappa shape index (κ3) is 4.46. The molecule has 6 rings (SSSR count). The van der Waals surface area contributed by atoms with Crippen LogP contribution in [0.15, 0.2) is 42.6 Å². The highest BCUT2D eigenvalue weighted by Gasteiger charge is 2.18. The van der Waals surface area contributed by atoms with Crippen molar-refractivity contribution in [2.24, 2.45) is 0 Å². The fourth-order valence-electron chi connectivity index (χ4n) is 4.62. The number of thiophene rings is 1. The molecule has 0 spiro atoms. The van der Waals surface area contributed by atoms with Gasteiger partial charge in [-0.05, 0) is 74.3 Å². The fraction of sp³-hybridized carbons (Fsp3) is 0.360. The molecule has 0 saturated carbocycles. The van der Waals surface area contributed by atoms with E-state index >= 15 is 0 Å². The number of aromatic nitrogens is 3. The SMILES string of the molecule is c1cc2c(-c3cc4c(s3)CCNC4)nc(Nc3ccc(OCCN4CCCC4)cc3)nc2[nH]1. The molecule has 0 atom stereocenters. The van der Waals surface area contributed by atoms with E-state index in [9.17, 15) is 0 Å². The van der Waals surface area contributed by atoms with Gasteiger partial charge in [-0.1, -0.05) is 0 Å². The number of aromatic amines is 1. The average Bonchev–Trinajstić information content (AvgIpc) is 3.60. The highest BCUT2D eigenvalue weighted by Crippen LogP contribution is 2.36. The van der Waals surface area contributed by atoms with Crippen molar-refractivity contribution in [2.45, 2.75) is 25.8 Å². The number of rotatable bonds is 7. The van der Waals surface area contributed by atoms with E-state index in [0.29, 0.717) is 5.95 Å². The number of hydrogen-bond acceptors (Lipinski definition) is 7. The van der Waals surface area contributed by atoms with Gasteiger partial charge in [-0.25, -0.2) is 4.98 Å². The quantitative estimate of drug-likeness (QED) is 0.376. The van der Waals surface area contributed by atoms with Gasteiger partial charge in [0.25, 0.3) is 0 Å². The molecule has 0 aliphatic carbocycles. The van der Waals surface area contributed by atoms with Crippen LogP contribution in [0.25, 0.3) is 21.6 Å². The zero-order valence-electron chi connectivity index (χ0n) is 18.6. The zero-order valence-corrected chi connectivity index (χ0v) is 19.4. The van der Waals surface area contributed by atoms with Crippen molar-refractivity contribution in [3.8, 4) is 16.3 Å². The van der Waals surface area contributed by atoms with Crippen LogP contribution in [0, 0.1) is 0 Å². The lowest BCUT2D eigenvalue weighted by Crippen LogP contribution is -2.25. The van der Waals surface area contributed by atoms with E-state index in [0.717, 1.165) is 60.8 Å². The summed E-state index contributed by atoms with van der Waals surface area (Å²) in [6, 6.07) is 12.4. The molecule has 33 heavy (non-hydrogen) atoms. The van der Waals surface area contributed by atoms with Crippen molar-refractivity contribution in [1.82, 2.24) is 25.2 Å². The fourth-order valence-corrected chi connectivity index (χ4v) is 5.80. The summed E-state index contributed by atoms with van der Waals surface area (Å²) < 4.78 is 5.93. The van der Waals surface area contributed by atoms with Gasteiger partial charge >= 0.3 is 0 Å². The molecule has 2 aliphatic rings. The first-order valence-electron chi connectivity index (χ1n) is 11.7. The van der Waals surface area contributed by atoms with Crippen molar-refractivity contribution in [2.75, 3.05) is 38.1 Å². The normalized spacial score (nSPS) is 16.2. The third-order valence-corrected chi connectivity index (χ3v) is 7.62. The maximum absolute atomic E-state index is 5.93. The summed E-state index contributed by atoms with van der Waals surface area (Å²) in [6.07, 6.45) is 5.63. The summed E-state index contributed by atoms with van der Waals surface area (Å²) in [5.74, 6) is 1.48. The minimum absolute atomic E-state index is 0.590. The molecule has 3 N–H and O–H groups in total. The Hall–Kier alpha value is -2.94. The molecule has 0 unspecified atom stereocenters. The van der Waals surface area contributed by atoms with E-state index in [4.69, 9.17) is 14.7 Å². The highest BCUT2D eigenvalue weighted by molar-refractivity contribution is 7.15. The maximum atomic E-state index is 5.93. The number of benzene rings is 1. The van der Waals surface area contributed by atoms with Gasteiger partial charge in [-0.3, -0.25) is 4.90 Å². The van der Waals surface area contributed by atoms with Crippen LogP contribution >= 0.6 is 11.3 Å². The molecule has 0 amide bonds. The number of nitrogens with zero attached hydrogens (tertiary/aromatic N) is 3. The predicted octanol–water partition coefficient (Wildman–Crippen LogP) is 4.55. The summed E-state index contributed by atoms with van der Waals surface area (Å²) in [4.78, 5) is 18.0. The highest BCUT2D eigenvalue weighted by atomic mass is 32.1. The van der Waals surface area contributed by atoms with Crippen molar-refractivity contribution in [3.63, 3.8) is 0 Å². The molecular formula is C25H28N6OS. The number of anilines is 2. The third-order valence-electron chi connectivity index (χ3n) is 6.38. The largest absolute Gasteiger partial charge is 0.492 e. The molecule has 170 valence electrons. The number of hydrogen-bond donors (Lipinski definition) is 3. The number of fused-ring (bicyclic) bond motifs is 2. The van der Waals surface area contributed by atoms with Crippen molar-refractivity contribution < 1.29 is 4.74 Å². The second-order valence-electron chi connectivity index (χ2n) is 8.67. The Labute approximate surface area is 197 Å².